The average Bonchev–Trinajstić information content (AvgIpc) is 3.00. The number of phenolic OH excluding ortho intramolecular Hbond substituents is 2. The maximum Gasteiger partial charge on any atom is 0.338 e. The number of carbonyl (C=O) groups is 5. The van der Waals surface area contributed by atoms with Crippen molar-refractivity contribution in [3.05, 3.63) is 66.9 Å². The number of aromatic hydroxyl groups is 2. The summed E-state index contributed by atoms with van der Waals surface area (Å²) in [6.45, 7) is 5.83. The summed E-state index contributed by atoms with van der Waals surface area (Å²) in [6.07, 6.45) is -0.294. The molecule has 2 unspecified atom stereocenters. The van der Waals surface area contributed by atoms with Crippen LogP contribution in [-0.2, 0) is 19.1 Å². The first kappa shape index (κ1) is 38.5. The van der Waals surface area contributed by atoms with E-state index in [1.54, 1.807) is 32.9 Å². The fraction of sp³-hybridized carbons (Fsp3) is 0.323. The van der Waals surface area contributed by atoms with Crippen LogP contribution in [0.1, 0.15) is 50.9 Å². The standard InChI is InChI=1S/C16H19BrN2O5.C15H15BrN2O7/c1-7(2)24-15(21)12-8(3)18-16(22)19-13(12)9-5-10(17)14(20)11(6-9)23-4;1-6-11(14(22)23)12(17-15(24)18(6)5-10(19)20)7-3-8(16)13(21)9(4-7)25-2/h5-7,13,20H,1-4H3,(H2,18,19,22);3-4,12,21H,5H2,1-2H3,(H,17,24)(H,19,20)(H,22,23). The van der Waals surface area contributed by atoms with E-state index in [-0.39, 0.29) is 44.8 Å². The number of amides is 4. The van der Waals surface area contributed by atoms with Gasteiger partial charge in [-0.05, 0) is 94.9 Å². The molecule has 49 heavy (non-hydrogen) atoms. The van der Waals surface area contributed by atoms with Crippen LogP contribution in [0.4, 0.5) is 9.59 Å². The molecule has 2 aliphatic rings. The first-order valence-corrected chi connectivity index (χ1v) is 15.9. The van der Waals surface area contributed by atoms with Crippen LogP contribution in [0.5, 0.6) is 23.0 Å². The van der Waals surface area contributed by atoms with Crippen molar-refractivity contribution in [3.8, 4) is 23.0 Å². The summed E-state index contributed by atoms with van der Waals surface area (Å²) in [5, 5.41) is 46.0. The van der Waals surface area contributed by atoms with Gasteiger partial charge >= 0.3 is 30.0 Å². The van der Waals surface area contributed by atoms with Gasteiger partial charge < -0.3 is 50.6 Å². The second-order valence-electron chi connectivity index (χ2n) is 10.8. The first-order chi connectivity index (χ1) is 22.9. The summed E-state index contributed by atoms with van der Waals surface area (Å²) >= 11 is 6.38. The first-order valence-electron chi connectivity index (χ1n) is 14.3. The molecule has 0 saturated heterocycles. The number of rotatable bonds is 9. The van der Waals surface area contributed by atoms with E-state index in [1.165, 1.54) is 33.3 Å². The average molecular weight is 814 g/mol. The lowest BCUT2D eigenvalue weighted by Gasteiger charge is -2.34. The minimum atomic E-state index is -1.30. The Morgan fingerprint density at radius 2 is 1.35 bits per heavy atom. The highest BCUT2D eigenvalue weighted by atomic mass is 79.9. The summed E-state index contributed by atoms with van der Waals surface area (Å²) in [7, 11) is 2.75. The maximum absolute atomic E-state index is 12.5. The Hall–Kier alpha value is -4.97. The van der Waals surface area contributed by atoms with Gasteiger partial charge in [-0.2, -0.15) is 0 Å². The molecule has 0 fully saturated rings. The minimum absolute atomic E-state index is 0.0202. The molecule has 18 heteroatoms. The van der Waals surface area contributed by atoms with E-state index in [2.05, 4.69) is 47.8 Å². The molecule has 2 heterocycles. The van der Waals surface area contributed by atoms with Gasteiger partial charge in [0.25, 0.3) is 0 Å². The van der Waals surface area contributed by atoms with Gasteiger partial charge in [0.1, 0.15) is 6.54 Å². The van der Waals surface area contributed by atoms with Crippen LogP contribution >= 0.6 is 31.9 Å². The Bertz CT molecular complexity index is 1760. The van der Waals surface area contributed by atoms with Crippen LogP contribution in [0.15, 0.2) is 55.8 Å². The van der Waals surface area contributed by atoms with Crippen LogP contribution in [0.25, 0.3) is 0 Å². The van der Waals surface area contributed by atoms with Crippen molar-refractivity contribution in [1.29, 1.82) is 0 Å². The highest BCUT2D eigenvalue weighted by molar-refractivity contribution is 9.11. The van der Waals surface area contributed by atoms with Gasteiger partial charge in [-0.1, -0.05) is 0 Å². The van der Waals surface area contributed by atoms with Crippen LogP contribution in [0.2, 0.25) is 0 Å². The van der Waals surface area contributed by atoms with Gasteiger partial charge in [-0.3, -0.25) is 9.69 Å². The number of nitrogens with zero attached hydrogens (tertiary/aromatic N) is 1. The summed E-state index contributed by atoms with van der Waals surface area (Å²) in [6, 6.07) is 3.09. The molecule has 2 aromatic rings. The molecular weight excluding hydrogens is 780 g/mol. The number of esters is 1. The van der Waals surface area contributed by atoms with Gasteiger partial charge in [0.05, 0.1) is 52.5 Å². The lowest BCUT2D eigenvalue weighted by atomic mass is 9.94. The number of urea groups is 2. The quantitative estimate of drug-likeness (QED) is 0.175. The molecule has 7 N–H and O–H groups in total. The molecule has 4 rings (SSSR count). The Balaban J connectivity index is 0.000000266. The highest BCUT2D eigenvalue weighted by Gasteiger charge is 2.37. The van der Waals surface area contributed by atoms with Gasteiger partial charge in [-0.15, -0.1) is 0 Å². The summed E-state index contributed by atoms with van der Waals surface area (Å²) in [5.41, 5.74) is 1.47. The number of carbonyl (C=O) groups excluding carboxylic acids is 3. The number of allylic oxidation sites excluding steroid dienone is 2. The van der Waals surface area contributed by atoms with E-state index in [9.17, 15) is 39.3 Å². The summed E-state index contributed by atoms with van der Waals surface area (Å²) < 4.78 is 16.1. The second-order valence-corrected chi connectivity index (χ2v) is 12.5. The largest absolute Gasteiger partial charge is 0.503 e. The predicted molar refractivity (Wildman–Crippen MR) is 179 cm³/mol. The number of ether oxygens (including phenoxy) is 3. The number of hydrogen-bond acceptors (Lipinski definition) is 10. The molecular formula is C31H34Br2N4O12. The number of carboxylic acids is 2. The molecule has 2 aromatic carbocycles. The summed E-state index contributed by atoms with van der Waals surface area (Å²) in [5.74, 6) is -3.02. The molecule has 0 aromatic heterocycles. The molecule has 4 amide bonds. The zero-order valence-electron chi connectivity index (χ0n) is 27.0. The van der Waals surface area contributed by atoms with Crippen LogP contribution in [0.3, 0.4) is 0 Å². The molecule has 2 atom stereocenters. The molecule has 0 spiro atoms. The molecule has 0 radical (unpaired) electrons. The molecule has 16 nitrogen and oxygen atoms in total. The number of nitrogens with one attached hydrogen (secondary N) is 3. The van der Waals surface area contributed by atoms with Crippen LogP contribution < -0.4 is 25.4 Å². The monoisotopic (exact) mass is 812 g/mol. The zero-order valence-corrected chi connectivity index (χ0v) is 30.2. The van der Waals surface area contributed by atoms with Crippen molar-refractivity contribution in [1.82, 2.24) is 20.9 Å². The third-order valence-electron chi connectivity index (χ3n) is 7.16. The van der Waals surface area contributed by atoms with Crippen molar-refractivity contribution in [2.45, 2.75) is 45.9 Å². The van der Waals surface area contributed by atoms with Crippen LogP contribution in [0, 0.1) is 0 Å². The molecule has 264 valence electrons. The normalized spacial score (nSPS) is 17.4. The zero-order chi connectivity index (χ0) is 36.9. The minimum Gasteiger partial charge on any atom is -0.503 e. The van der Waals surface area contributed by atoms with Gasteiger partial charge in [0, 0.05) is 11.4 Å². The smallest absolute Gasteiger partial charge is 0.338 e. The third-order valence-corrected chi connectivity index (χ3v) is 8.37. The number of aliphatic carboxylic acids is 2. The Labute approximate surface area is 297 Å². The van der Waals surface area contributed by atoms with Crippen molar-refractivity contribution < 1.29 is 58.6 Å². The van der Waals surface area contributed by atoms with Crippen molar-refractivity contribution >= 4 is 61.8 Å². The van der Waals surface area contributed by atoms with Gasteiger partial charge in [-0.25, -0.2) is 19.2 Å². The molecule has 2 aliphatic heterocycles. The number of methoxy groups -OCH3 is 2. The highest BCUT2D eigenvalue weighted by Crippen LogP contribution is 2.41. The fourth-order valence-electron chi connectivity index (χ4n) is 4.96. The second kappa shape index (κ2) is 16.0. The van der Waals surface area contributed by atoms with Crippen molar-refractivity contribution in [2.75, 3.05) is 20.8 Å². The van der Waals surface area contributed by atoms with Crippen LogP contribution in [-0.4, -0.2) is 82.2 Å². The topological polar surface area (TPSA) is 233 Å². The number of carboxylic acid groups (broad SMARTS) is 2. The van der Waals surface area contributed by atoms with E-state index < -0.39 is 48.6 Å². The fourth-order valence-corrected chi connectivity index (χ4v) is 5.88. The SMILES string of the molecule is COc1cc(C2NC(=O)N(CC(=O)O)C(C)=C2C(=O)O)cc(Br)c1O.COc1cc(C2NC(=O)NC(C)=C2C(=O)OC(C)C)cc(Br)c1O. The van der Waals surface area contributed by atoms with Gasteiger partial charge in [0.15, 0.2) is 23.0 Å². The number of halogens is 2. The van der Waals surface area contributed by atoms with E-state index in [4.69, 9.17) is 19.3 Å². The van der Waals surface area contributed by atoms with E-state index >= 15 is 0 Å². The van der Waals surface area contributed by atoms with E-state index in [0.29, 0.717) is 26.9 Å². The Morgan fingerprint density at radius 3 is 1.78 bits per heavy atom. The Kier molecular flexibility index (Phi) is 12.5. The van der Waals surface area contributed by atoms with Crippen molar-refractivity contribution in [3.63, 3.8) is 0 Å². The number of benzene rings is 2. The lowest BCUT2D eigenvalue weighted by molar-refractivity contribution is -0.143. The molecule has 0 bridgehead atoms. The third kappa shape index (κ3) is 8.74. The van der Waals surface area contributed by atoms with E-state index in [1.807, 2.05) is 0 Å². The molecule has 0 aliphatic carbocycles. The van der Waals surface area contributed by atoms with Gasteiger partial charge in [0.2, 0.25) is 0 Å². The predicted octanol–water partition coefficient (Wildman–Crippen LogP) is 4.42. The maximum atomic E-state index is 12.5. The Morgan fingerprint density at radius 1 is 0.857 bits per heavy atom. The molecule has 0 saturated carbocycles. The van der Waals surface area contributed by atoms with E-state index in [0.717, 1.165) is 4.90 Å². The summed E-state index contributed by atoms with van der Waals surface area (Å²) in [4.78, 5) is 60.0. The number of hydrogen-bond donors (Lipinski definition) is 7. The van der Waals surface area contributed by atoms with Crippen molar-refractivity contribution in [2.24, 2.45) is 0 Å². The lowest BCUT2D eigenvalue weighted by Crippen LogP contribution is -2.49. The number of phenols is 2.